The number of nitrogens with zero attached hydrogens (tertiary/aromatic N) is 1. The normalized spacial score (nSPS) is 33.0. The Labute approximate surface area is 100 Å². The van der Waals surface area contributed by atoms with Crippen molar-refractivity contribution in [3.63, 3.8) is 0 Å². The zero-order chi connectivity index (χ0) is 11.8. The molecule has 0 spiro atoms. The third-order valence-corrected chi connectivity index (χ3v) is 3.98. The number of ketones is 1. The number of Topliss-reactive ketones (excluding diaryl/α,β-unsaturated/α-hetero) is 1. The maximum absolute atomic E-state index is 13.8. The highest BCUT2D eigenvalue weighted by molar-refractivity contribution is 5.85. The summed E-state index contributed by atoms with van der Waals surface area (Å²) in [6.45, 7) is 0.768. The summed E-state index contributed by atoms with van der Waals surface area (Å²) < 4.78 is 13.8. The second kappa shape index (κ2) is 4.22. The first-order valence-electron chi connectivity index (χ1n) is 6.22. The van der Waals surface area contributed by atoms with E-state index in [2.05, 4.69) is 17.0 Å². The Balaban J connectivity index is 1.79. The number of rotatable bonds is 2. The number of hydrogen-bond donors (Lipinski definition) is 0. The van der Waals surface area contributed by atoms with Gasteiger partial charge >= 0.3 is 0 Å². The van der Waals surface area contributed by atoms with Gasteiger partial charge < -0.3 is 0 Å². The van der Waals surface area contributed by atoms with Crippen LogP contribution >= 0.6 is 0 Å². The molecule has 1 aromatic rings. The van der Waals surface area contributed by atoms with Crippen molar-refractivity contribution in [2.45, 2.75) is 44.1 Å². The van der Waals surface area contributed by atoms with E-state index >= 15 is 0 Å². The molecule has 0 aliphatic carbocycles. The molecule has 0 radical (unpaired) electrons. The first-order valence-corrected chi connectivity index (χ1v) is 6.22. The predicted octanol–water partition coefficient (Wildman–Crippen LogP) is 2.33. The molecule has 0 aromatic heterocycles. The number of fused-ring (bicyclic) bond motifs is 2. The molecule has 90 valence electrons. The minimum Gasteiger partial charge on any atom is -0.296 e. The van der Waals surface area contributed by atoms with Crippen molar-refractivity contribution in [3.8, 4) is 0 Å². The number of hydrogen-bond acceptors (Lipinski definition) is 2. The van der Waals surface area contributed by atoms with Crippen LogP contribution in [-0.2, 0) is 11.3 Å². The third kappa shape index (κ3) is 1.89. The van der Waals surface area contributed by atoms with Crippen LogP contribution in [0.5, 0.6) is 0 Å². The molecule has 17 heavy (non-hydrogen) atoms. The molecule has 3 atom stereocenters. The lowest BCUT2D eigenvalue weighted by atomic mass is 9.99. The van der Waals surface area contributed by atoms with Gasteiger partial charge in [-0.3, -0.25) is 9.69 Å². The molecule has 3 unspecified atom stereocenters. The number of benzene rings is 1. The molecule has 2 fully saturated rings. The number of halogens is 1. The third-order valence-electron chi connectivity index (χ3n) is 3.98. The van der Waals surface area contributed by atoms with Crippen molar-refractivity contribution in [2.75, 3.05) is 0 Å². The van der Waals surface area contributed by atoms with Gasteiger partial charge in [0.25, 0.3) is 0 Å². The van der Waals surface area contributed by atoms with Crippen LogP contribution in [0.2, 0.25) is 0 Å². The Hall–Kier alpha value is -1.22. The Morgan fingerprint density at radius 3 is 2.76 bits per heavy atom. The average Bonchev–Trinajstić information content (AvgIpc) is 2.65. The topological polar surface area (TPSA) is 20.3 Å². The molecule has 2 heterocycles. The van der Waals surface area contributed by atoms with Crippen molar-refractivity contribution in [2.24, 2.45) is 0 Å². The molecule has 2 aliphatic rings. The lowest BCUT2D eigenvalue weighted by Crippen LogP contribution is -2.49. The molecule has 1 aromatic carbocycles. The highest BCUT2D eigenvalue weighted by atomic mass is 19.1. The molecule has 2 aliphatic heterocycles. The molecule has 2 bridgehead atoms. The van der Waals surface area contributed by atoms with Crippen LogP contribution in [0.4, 0.5) is 4.39 Å². The summed E-state index contributed by atoms with van der Waals surface area (Å²) in [5, 5.41) is 0. The minimum absolute atomic E-state index is 0.179. The molecular formula is C14H16FNO. The lowest BCUT2D eigenvalue weighted by Gasteiger charge is -2.35. The van der Waals surface area contributed by atoms with E-state index in [1.165, 1.54) is 5.56 Å². The van der Waals surface area contributed by atoms with E-state index in [9.17, 15) is 9.18 Å². The summed E-state index contributed by atoms with van der Waals surface area (Å²) in [5.74, 6) is -0.193. The van der Waals surface area contributed by atoms with E-state index in [0.717, 1.165) is 19.4 Å². The van der Waals surface area contributed by atoms with Gasteiger partial charge in [-0.05, 0) is 18.4 Å². The van der Waals surface area contributed by atoms with Crippen molar-refractivity contribution < 1.29 is 9.18 Å². The zero-order valence-electron chi connectivity index (χ0n) is 9.68. The number of carbonyl (C=O) groups is 1. The van der Waals surface area contributed by atoms with Crippen molar-refractivity contribution in [1.29, 1.82) is 0 Å². The number of alkyl halides is 1. The SMILES string of the molecule is O=C1CC2CCC(C1F)N2Cc1ccccc1. The predicted molar refractivity (Wildman–Crippen MR) is 63.3 cm³/mol. The van der Waals surface area contributed by atoms with Gasteiger partial charge in [-0.25, -0.2) is 4.39 Å². The fourth-order valence-electron chi connectivity index (χ4n) is 3.10. The maximum Gasteiger partial charge on any atom is 0.174 e. The Kier molecular flexibility index (Phi) is 2.71. The lowest BCUT2D eigenvalue weighted by molar-refractivity contribution is -0.131. The van der Waals surface area contributed by atoms with Crippen LogP contribution < -0.4 is 0 Å². The van der Waals surface area contributed by atoms with Crippen LogP contribution in [0.1, 0.15) is 24.8 Å². The molecule has 3 rings (SSSR count). The molecule has 0 N–H and O–H groups in total. The Morgan fingerprint density at radius 2 is 2.00 bits per heavy atom. The fraction of sp³-hybridized carbons (Fsp3) is 0.500. The van der Waals surface area contributed by atoms with Crippen LogP contribution in [0, 0.1) is 0 Å². The quantitative estimate of drug-likeness (QED) is 0.781. The van der Waals surface area contributed by atoms with E-state index in [-0.39, 0.29) is 17.9 Å². The van der Waals surface area contributed by atoms with Crippen LogP contribution in [-0.4, -0.2) is 28.9 Å². The largest absolute Gasteiger partial charge is 0.296 e. The van der Waals surface area contributed by atoms with Gasteiger partial charge in [-0.2, -0.15) is 0 Å². The monoisotopic (exact) mass is 233 g/mol. The molecular weight excluding hydrogens is 217 g/mol. The Morgan fingerprint density at radius 1 is 1.24 bits per heavy atom. The minimum atomic E-state index is -1.27. The second-order valence-corrected chi connectivity index (χ2v) is 5.03. The van der Waals surface area contributed by atoms with Gasteiger partial charge in [0.1, 0.15) is 0 Å². The highest BCUT2D eigenvalue weighted by Crippen LogP contribution is 2.36. The van der Waals surface area contributed by atoms with Crippen LogP contribution in [0.25, 0.3) is 0 Å². The molecule has 2 nitrogen and oxygen atoms in total. The summed E-state index contributed by atoms with van der Waals surface area (Å²) in [6.07, 6.45) is 0.913. The summed E-state index contributed by atoms with van der Waals surface area (Å²) in [5.41, 5.74) is 1.20. The summed E-state index contributed by atoms with van der Waals surface area (Å²) in [4.78, 5) is 13.6. The van der Waals surface area contributed by atoms with Crippen molar-refractivity contribution in [3.05, 3.63) is 35.9 Å². The average molecular weight is 233 g/mol. The van der Waals surface area contributed by atoms with Gasteiger partial charge in [0.2, 0.25) is 0 Å². The van der Waals surface area contributed by atoms with E-state index in [4.69, 9.17) is 0 Å². The van der Waals surface area contributed by atoms with Gasteiger partial charge in [0.15, 0.2) is 12.0 Å². The van der Waals surface area contributed by atoms with E-state index in [0.29, 0.717) is 6.42 Å². The van der Waals surface area contributed by atoms with Gasteiger partial charge in [-0.1, -0.05) is 30.3 Å². The van der Waals surface area contributed by atoms with Crippen LogP contribution in [0.3, 0.4) is 0 Å². The van der Waals surface area contributed by atoms with Gasteiger partial charge in [0, 0.05) is 25.0 Å². The van der Waals surface area contributed by atoms with E-state index in [1.807, 2.05) is 18.2 Å². The standard InChI is InChI=1S/C14H16FNO/c15-14-12-7-6-11(8-13(14)17)16(12)9-10-4-2-1-3-5-10/h1-5,11-12,14H,6-9H2. The van der Waals surface area contributed by atoms with E-state index < -0.39 is 6.17 Å². The van der Waals surface area contributed by atoms with E-state index in [1.54, 1.807) is 0 Å². The first-order chi connectivity index (χ1) is 8.25. The summed E-state index contributed by atoms with van der Waals surface area (Å²) >= 11 is 0. The number of carbonyl (C=O) groups excluding carboxylic acids is 1. The first kappa shape index (κ1) is 10.9. The van der Waals surface area contributed by atoms with Crippen molar-refractivity contribution >= 4 is 5.78 Å². The van der Waals surface area contributed by atoms with Gasteiger partial charge in [0.05, 0.1) is 0 Å². The second-order valence-electron chi connectivity index (χ2n) is 5.03. The molecule has 2 saturated heterocycles. The molecule has 3 heteroatoms. The molecule has 0 saturated carbocycles. The Bertz CT molecular complexity index is 419. The smallest absolute Gasteiger partial charge is 0.174 e. The van der Waals surface area contributed by atoms with Crippen molar-refractivity contribution in [1.82, 2.24) is 4.90 Å². The number of piperidine rings is 1. The fourth-order valence-corrected chi connectivity index (χ4v) is 3.10. The maximum atomic E-state index is 13.8. The zero-order valence-corrected chi connectivity index (χ0v) is 9.68. The molecule has 0 amide bonds. The highest BCUT2D eigenvalue weighted by Gasteiger charge is 2.46. The van der Waals surface area contributed by atoms with Gasteiger partial charge in [-0.15, -0.1) is 0 Å². The summed E-state index contributed by atoms with van der Waals surface area (Å²) in [7, 11) is 0. The summed E-state index contributed by atoms with van der Waals surface area (Å²) in [6, 6.07) is 10.2. The van der Waals surface area contributed by atoms with Crippen LogP contribution in [0.15, 0.2) is 30.3 Å².